The summed E-state index contributed by atoms with van der Waals surface area (Å²) in [5, 5.41) is 4.29. The summed E-state index contributed by atoms with van der Waals surface area (Å²) in [6, 6.07) is 16.2. The van der Waals surface area contributed by atoms with E-state index in [-0.39, 0.29) is 5.82 Å². The van der Waals surface area contributed by atoms with Crippen molar-refractivity contribution >= 4 is 5.71 Å². The van der Waals surface area contributed by atoms with Gasteiger partial charge in [0, 0.05) is 6.08 Å². The third kappa shape index (κ3) is 8.47. The van der Waals surface area contributed by atoms with E-state index < -0.39 is 0 Å². The lowest BCUT2D eigenvalue weighted by atomic mass is 10.1. The van der Waals surface area contributed by atoms with Crippen LogP contribution in [0.4, 0.5) is 4.39 Å². The highest BCUT2D eigenvalue weighted by Gasteiger charge is 1.98. The van der Waals surface area contributed by atoms with Gasteiger partial charge in [-0.1, -0.05) is 54.6 Å². The zero-order chi connectivity index (χ0) is 20.9. The number of halogens is 1. The molecule has 0 saturated carbocycles. The van der Waals surface area contributed by atoms with Crippen LogP contribution >= 0.6 is 0 Å². The number of nitrogens with one attached hydrogen (secondary N) is 1. The van der Waals surface area contributed by atoms with Gasteiger partial charge in [0.1, 0.15) is 18.2 Å². The molecule has 0 aliphatic carbocycles. The molecule has 0 bridgehead atoms. The molecule has 1 N–H and O–H groups in total. The fourth-order valence-corrected chi connectivity index (χ4v) is 2.34. The molecule has 5 heteroatoms. The number of hydrogen-bond acceptors (Lipinski definition) is 4. The largest absolute Gasteiger partial charge is 0.501 e. The Morgan fingerprint density at radius 1 is 1.07 bits per heavy atom. The summed E-state index contributed by atoms with van der Waals surface area (Å²) in [7, 11) is 1.63. The molecule has 2 aromatic carbocycles. The van der Waals surface area contributed by atoms with Gasteiger partial charge >= 0.3 is 0 Å². The van der Waals surface area contributed by atoms with Gasteiger partial charge in [0.25, 0.3) is 0 Å². The minimum Gasteiger partial charge on any atom is -0.501 e. The van der Waals surface area contributed by atoms with Crippen molar-refractivity contribution in [3.8, 4) is 0 Å². The van der Waals surface area contributed by atoms with Gasteiger partial charge in [-0.25, -0.2) is 4.39 Å². The van der Waals surface area contributed by atoms with Gasteiger partial charge in [0.05, 0.1) is 25.1 Å². The van der Waals surface area contributed by atoms with E-state index in [1.165, 1.54) is 12.1 Å². The van der Waals surface area contributed by atoms with Crippen molar-refractivity contribution in [2.24, 2.45) is 5.10 Å². The Hall–Kier alpha value is -3.34. The Kier molecular flexibility index (Phi) is 9.22. The van der Waals surface area contributed by atoms with Gasteiger partial charge in [-0.2, -0.15) is 5.10 Å². The molecule has 0 fully saturated rings. The fourth-order valence-electron chi connectivity index (χ4n) is 2.34. The number of ether oxygens (including phenoxy) is 2. The van der Waals surface area contributed by atoms with Crippen LogP contribution in [-0.4, -0.2) is 19.4 Å². The maximum absolute atomic E-state index is 13.0. The normalized spacial score (nSPS) is 12.9. The number of hydrogen-bond donors (Lipinski definition) is 1. The van der Waals surface area contributed by atoms with Crippen LogP contribution < -0.4 is 5.43 Å². The van der Waals surface area contributed by atoms with Crippen molar-refractivity contribution < 1.29 is 13.9 Å². The summed E-state index contributed by atoms with van der Waals surface area (Å²) in [4.78, 5) is 0. The van der Waals surface area contributed by atoms with E-state index in [1.807, 2.05) is 68.5 Å². The number of hydrazone groups is 1. The first-order valence-electron chi connectivity index (χ1n) is 9.37. The third-order valence-corrected chi connectivity index (χ3v) is 4.03. The highest BCUT2D eigenvalue weighted by molar-refractivity contribution is 5.98. The van der Waals surface area contributed by atoms with Crippen LogP contribution in [-0.2, 0) is 16.1 Å². The zero-order valence-corrected chi connectivity index (χ0v) is 17.1. The summed E-state index contributed by atoms with van der Waals surface area (Å²) >= 11 is 0. The van der Waals surface area contributed by atoms with E-state index in [2.05, 4.69) is 10.5 Å². The monoisotopic (exact) mass is 394 g/mol. The maximum Gasteiger partial charge on any atom is 0.123 e. The number of nitrogens with zero attached hydrogens (tertiary/aromatic N) is 1. The molecular formula is C24H27FN2O2. The number of allylic oxidation sites excluding steroid dienone is 4. The van der Waals surface area contributed by atoms with Crippen LogP contribution in [0.1, 0.15) is 25.0 Å². The van der Waals surface area contributed by atoms with Crippen LogP contribution in [0, 0.1) is 5.82 Å². The maximum atomic E-state index is 13.0. The minimum atomic E-state index is -0.257. The van der Waals surface area contributed by atoms with Crippen molar-refractivity contribution in [2.45, 2.75) is 20.5 Å². The Morgan fingerprint density at radius 2 is 1.79 bits per heavy atom. The van der Waals surface area contributed by atoms with Gasteiger partial charge < -0.3 is 14.9 Å². The van der Waals surface area contributed by atoms with Crippen molar-refractivity contribution in [2.75, 3.05) is 13.7 Å². The molecule has 0 aliphatic rings. The summed E-state index contributed by atoms with van der Waals surface area (Å²) in [6.07, 6.45) is 7.56. The third-order valence-electron chi connectivity index (χ3n) is 4.03. The SMILES string of the molecule is CO/C(C)=C/C(=C\C=C\CN/N=C(\C)c1ccc(F)cc1)OCc1ccccc1. The Bertz CT molecular complexity index is 870. The van der Waals surface area contributed by atoms with Crippen molar-refractivity contribution in [1.29, 1.82) is 0 Å². The summed E-state index contributed by atoms with van der Waals surface area (Å²) in [6.45, 7) is 4.77. The molecule has 2 aromatic rings. The van der Waals surface area contributed by atoms with Crippen LogP contribution in [0.3, 0.4) is 0 Å². The van der Waals surface area contributed by atoms with Gasteiger partial charge in [0.15, 0.2) is 0 Å². The molecule has 0 atom stereocenters. The predicted octanol–water partition coefficient (Wildman–Crippen LogP) is 5.35. The van der Waals surface area contributed by atoms with E-state index in [4.69, 9.17) is 9.47 Å². The first-order valence-corrected chi connectivity index (χ1v) is 9.37. The van der Waals surface area contributed by atoms with Crippen LogP contribution in [0.15, 0.2) is 95.5 Å². The molecule has 0 amide bonds. The van der Waals surface area contributed by atoms with E-state index in [9.17, 15) is 4.39 Å². The number of rotatable bonds is 10. The minimum absolute atomic E-state index is 0.257. The Balaban J connectivity index is 1.90. The van der Waals surface area contributed by atoms with E-state index in [0.29, 0.717) is 18.9 Å². The van der Waals surface area contributed by atoms with Crippen molar-refractivity contribution in [3.05, 3.63) is 107 Å². The predicted molar refractivity (Wildman–Crippen MR) is 116 cm³/mol. The summed E-state index contributed by atoms with van der Waals surface area (Å²) in [5.74, 6) is 1.21. The highest BCUT2D eigenvalue weighted by Crippen LogP contribution is 2.10. The first-order chi connectivity index (χ1) is 14.1. The van der Waals surface area contributed by atoms with Crippen LogP contribution in [0.5, 0.6) is 0 Å². The molecule has 0 unspecified atom stereocenters. The average molecular weight is 394 g/mol. The Morgan fingerprint density at radius 3 is 2.48 bits per heavy atom. The molecule has 0 aromatic heterocycles. The van der Waals surface area contributed by atoms with Crippen LogP contribution in [0.25, 0.3) is 0 Å². The number of methoxy groups -OCH3 is 1. The summed E-state index contributed by atoms with van der Waals surface area (Å²) < 4.78 is 24.1. The highest BCUT2D eigenvalue weighted by atomic mass is 19.1. The van der Waals surface area contributed by atoms with Crippen molar-refractivity contribution in [3.63, 3.8) is 0 Å². The molecule has 152 valence electrons. The average Bonchev–Trinajstić information content (AvgIpc) is 2.75. The van der Waals surface area contributed by atoms with Crippen LogP contribution in [0.2, 0.25) is 0 Å². The molecule has 4 nitrogen and oxygen atoms in total. The Labute approximate surface area is 172 Å². The smallest absolute Gasteiger partial charge is 0.123 e. The van der Waals surface area contributed by atoms with Gasteiger partial charge in [-0.05, 0) is 43.2 Å². The van der Waals surface area contributed by atoms with Gasteiger partial charge in [-0.15, -0.1) is 0 Å². The molecule has 0 radical (unpaired) electrons. The molecule has 2 rings (SSSR count). The molecule has 0 saturated heterocycles. The zero-order valence-electron chi connectivity index (χ0n) is 17.1. The second-order valence-corrected chi connectivity index (χ2v) is 6.30. The topological polar surface area (TPSA) is 42.8 Å². The number of benzene rings is 2. The molecule has 0 aliphatic heterocycles. The molecule has 0 spiro atoms. The van der Waals surface area contributed by atoms with E-state index in [1.54, 1.807) is 19.2 Å². The fraction of sp³-hybridized carbons (Fsp3) is 0.208. The first kappa shape index (κ1) is 22.0. The van der Waals surface area contributed by atoms with Crippen molar-refractivity contribution in [1.82, 2.24) is 5.43 Å². The van der Waals surface area contributed by atoms with Gasteiger partial charge in [-0.3, -0.25) is 0 Å². The lowest BCUT2D eigenvalue weighted by Crippen LogP contribution is -2.09. The molecule has 29 heavy (non-hydrogen) atoms. The quantitative estimate of drug-likeness (QED) is 0.194. The second kappa shape index (κ2) is 12.2. The molecular weight excluding hydrogens is 367 g/mol. The lowest BCUT2D eigenvalue weighted by molar-refractivity contribution is 0.206. The lowest BCUT2D eigenvalue weighted by Gasteiger charge is -2.08. The second-order valence-electron chi connectivity index (χ2n) is 6.30. The van der Waals surface area contributed by atoms with Gasteiger partial charge in [0.2, 0.25) is 0 Å². The standard InChI is InChI=1S/C24H27FN2O2/c1-19(28-3)17-24(29-18-21-9-5-4-6-10-21)11-7-8-16-26-27-20(2)22-12-14-23(25)15-13-22/h4-15,17,26H,16,18H2,1-3H3/b8-7+,19-17+,24-11+,27-20+. The summed E-state index contributed by atoms with van der Waals surface area (Å²) in [5.41, 5.74) is 5.74. The molecule has 0 heterocycles. The van der Waals surface area contributed by atoms with E-state index >= 15 is 0 Å². The van der Waals surface area contributed by atoms with E-state index in [0.717, 1.165) is 22.6 Å².